The van der Waals surface area contributed by atoms with Crippen molar-refractivity contribution in [3.8, 4) is 0 Å². The summed E-state index contributed by atoms with van der Waals surface area (Å²) in [6, 6.07) is -1.04. The highest BCUT2D eigenvalue weighted by Crippen LogP contribution is 2.32. The first-order chi connectivity index (χ1) is 9.38. The average molecular weight is 279 g/mol. The number of aromatic nitrogens is 2. The lowest BCUT2D eigenvalue weighted by Gasteiger charge is -2.30. The molecule has 0 spiro atoms. The summed E-state index contributed by atoms with van der Waals surface area (Å²) in [6.45, 7) is 4.74. The molecule has 2 rings (SSSR count). The van der Waals surface area contributed by atoms with Gasteiger partial charge in [0.25, 0.3) is 0 Å². The van der Waals surface area contributed by atoms with Crippen molar-refractivity contribution in [3.05, 3.63) is 18.7 Å². The van der Waals surface area contributed by atoms with Gasteiger partial charge in [-0.2, -0.15) is 0 Å². The second-order valence-corrected chi connectivity index (χ2v) is 5.57. The Morgan fingerprint density at radius 3 is 2.55 bits per heavy atom. The molecule has 1 aromatic rings. The standard InChI is InChI=1S/C13H18N4O3/c1-9(2)6-17(10-4-14-8-15-5-10)7-11(12(18)19)16(3)13(17)20/h4-5,8-9,11H,6-7H2,1-3H3/p+1. The van der Waals surface area contributed by atoms with Gasteiger partial charge in [-0.1, -0.05) is 13.8 Å². The lowest BCUT2D eigenvalue weighted by atomic mass is 10.1. The summed E-state index contributed by atoms with van der Waals surface area (Å²) in [5, 5.41) is 9.28. The van der Waals surface area contributed by atoms with E-state index in [1.54, 1.807) is 12.4 Å². The highest BCUT2D eigenvalue weighted by atomic mass is 16.4. The van der Waals surface area contributed by atoms with Crippen molar-refractivity contribution >= 4 is 17.7 Å². The van der Waals surface area contributed by atoms with Crippen LogP contribution in [0.25, 0.3) is 0 Å². The molecule has 0 radical (unpaired) electrons. The number of hydrogen-bond donors (Lipinski definition) is 1. The molecule has 20 heavy (non-hydrogen) atoms. The summed E-state index contributed by atoms with van der Waals surface area (Å²) >= 11 is 0. The Kier molecular flexibility index (Phi) is 3.71. The summed E-state index contributed by atoms with van der Waals surface area (Å²) < 4.78 is -0.0357. The molecule has 1 saturated heterocycles. The van der Waals surface area contributed by atoms with Gasteiger partial charge < -0.3 is 5.11 Å². The lowest BCUT2D eigenvalue weighted by Crippen LogP contribution is -2.54. The lowest BCUT2D eigenvalue weighted by molar-refractivity contribution is -0.140. The SMILES string of the molecule is CC(C)C[N+]1(c2cncnc2)CC(C(=O)O)N(C)C1=O. The Balaban J connectivity index is 2.49. The summed E-state index contributed by atoms with van der Waals surface area (Å²) in [4.78, 5) is 33.2. The van der Waals surface area contributed by atoms with Crippen molar-refractivity contribution in [1.29, 1.82) is 0 Å². The van der Waals surface area contributed by atoms with Gasteiger partial charge in [0.2, 0.25) is 0 Å². The molecule has 2 amide bonds. The number of nitrogens with zero attached hydrogens (tertiary/aromatic N) is 4. The Labute approximate surface area is 117 Å². The van der Waals surface area contributed by atoms with Crippen LogP contribution in [0.3, 0.4) is 0 Å². The third-order valence-corrected chi connectivity index (χ3v) is 3.62. The highest BCUT2D eigenvalue weighted by molar-refractivity contribution is 5.94. The quantitative estimate of drug-likeness (QED) is 0.830. The first kappa shape index (κ1) is 14.4. The highest BCUT2D eigenvalue weighted by Gasteiger charge is 2.55. The second-order valence-electron chi connectivity index (χ2n) is 5.57. The van der Waals surface area contributed by atoms with E-state index in [2.05, 4.69) is 9.97 Å². The fourth-order valence-corrected chi connectivity index (χ4v) is 2.78. The Bertz CT molecular complexity index is 520. The van der Waals surface area contributed by atoms with Crippen molar-refractivity contribution in [2.24, 2.45) is 5.92 Å². The average Bonchev–Trinajstić information content (AvgIpc) is 2.65. The van der Waals surface area contributed by atoms with Gasteiger partial charge in [0, 0.05) is 13.0 Å². The molecule has 1 fully saturated rings. The first-order valence-electron chi connectivity index (χ1n) is 6.51. The van der Waals surface area contributed by atoms with Crippen LogP contribution in [0.2, 0.25) is 0 Å². The molecular weight excluding hydrogens is 260 g/mol. The predicted octanol–water partition coefficient (Wildman–Crippen LogP) is 0.959. The van der Waals surface area contributed by atoms with Crippen LogP contribution in [0.15, 0.2) is 18.7 Å². The van der Waals surface area contributed by atoms with Crippen molar-refractivity contribution < 1.29 is 14.7 Å². The first-order valence-corrected chi connectivity index (χ1v) is 6.51. The van der Waals surface area contributed by atoms with Crippen LogP contribution >= 0.6 is 0 Å². The number of amides is 2. The summed E-state index contributed by atoms with van der Waals surface area (Å²) in [7, 11) is 1.53. The zero-order valence-electron chi connectivity index (χ0n) is 11.9. The van der Waals surface area contributed by atoms with Crippen molar-refractivity contribution in [2.45, 2.75) is 19.9 Å². The van der Waals surface area contributed by atoms with E-state index in [0.717, 1.165) is 0 Å². The van der Waals surface area contributed by atoms with E-state index >= 15 is 0 Å². The molecule has 0 bridgehead atoms. The molecule has 2 unspecified atom stereocenters. The molecule has 0 saturated carbocycles. The largest absolute Gasteiger partial charge is 0.480 e. The van der Waals surface area contributed by atoms with E-state index in [-0.39, 0.29) is 23.0 Å². The van der Waals surface area contributed by atoms with Crippen LogP contribution < -0.4 is 4.48 Å². The van der Waals surface area contributed by atoms with Crippen LogP contribution in [0.5, 0.6) is 0 Å². The van der Waals surface area contributed by atoms with E-state index < -0.39 is 12.0 Å². The molecule has 1 N–H and O–H groups in total. The number of aliphatic carboxylic acids is 1. The maximum atomic E-state index is 12.7. The van der Waals surface area contributed by atoms with Gasteiger partial charge in [-0.05, 0) is 0 Å². The third kappa shape index (κ3) is 2.24. The number of carbonyl (C=O) groups is 2. The molecule has 7 heteroatoms. The smallest absolute Gasteiger partial charge is 0.425 e. The Morgan fingerprint density at radius 2 is 2.10 bits per heavy atom. The molecule has 108 valence electrons. The van der Waals surface area contributed by atoms with Crippen LogP contribution in [-0.4, -0.2) is 58.2 Å². The van der Waals surface area contributed by atoms with Gasteiger partial charge in [0.05, 0.1) is 18.9 Å². The molecule has 7 nitrogen and oxygen atoms in total. The van der Waals surface area contributed by atoms with E-state index in [0.29, 0.717) is 12.2 Å². The molecule has 2 heterocycles. The van der Waals surface area contributed by atoms with Crippen LogP contribution in [0.1, 0.15) is 13.8 Å². The normalized spacial score (nSPS) is 26.3. The van der Waals surface area contributed by atoms with Gasteiger partial charge in [-0.3, -0.25) is 4.90 Å². The number of hydrogen-bond acceptors (Lipinski definition) is 4. The number of rotatable bonds is 4. The molecule has 1 aliphatic heterocycles. The second kappa shape index (κ2) is 5.16. The number of carboxylic acid groups (broad SMARTS) is 1. The van der Waals surface area contributed by atoms with E-state index in [9.17, 15) is 14.7 Å². The predicted molar refractivity (Wildman–Crippen MR) is 73.0 cm³/mol. The van der Waals surface area contributed by atoms with Crippen LogP contribution in [0, 0.1) is 5.92 Å². The molecule has 0 aliphatic carbocycles. The minimum atomic E-state index is -0.985. The van der Waals surface area contributed by atoms with Gasteiger partial charge in [-0.15, -0.1) is 0 Å². The Hall–Kier alpha value is -2.02. The van der Waals surface area contributed by atoms with Crippen molar-refractivity contribution in [3.63, 3.8) is 0 Å². The maximum Gasteiger partial charge on any atom is 0.425 e. The fourth-order valence-electron chi connectivity index (χ4n) is 2.78. The van der Waals surface area contributed by atoms with E-state index in [1.165, 1.54) is 18.3 Å². The van der Waals surface area contributed by atoms with E-state index in [1.807, 2.05) is 13.8 Å². The summed E-state index contributed by atoms with van der Waals surface area (Å²) in [6.07, 6.45) is 4.57. The van der Waals surface area contributed by atoms with Crippen molar-refractivity contribution in [2.75, 3.05) is 20.1 Å². The third-order valence-electron chi connectivity index (χ3n) is 3.62. The fraction of sp³-hybridized carbons (Fsp3) is 0.538. The number of urea groups is 1. The molecule has 1 aliphatic rings. The van der Waals surface area contributed by atoms with Gasteiger partial charge in [0.1, 0.15) is 12.9 Å². The number of carbonyl (C=O) groups excluding carboxylic acids is 1. The summed E-state index contributed by atoms with van der Waals surface area (Å²) in [5.41, 5.74) is 0.641. The maximum absolute atomic E-state index is 12.7. The molecule has 0 aromatic carbocycles. The zero-order valence-corrected chi connectivity index (χ0v) is 11.9. The summed E-state index contributed by atoms with van der Waals surface area (Å²) in [5.74, 6) is -0.749. The minimum Gasteiger partial charge on any atom is -0.480 e. The van der Waals surface area contributed by atoms with Gasteiger partial charge >= 0.3 is 12.0 Å². The number of likely N-dealkylation sites (N-methyl/N-ethyl adjacent to an activating group) is 1. The van der Waals surface area contributed by atoms with Crippen molar-refractivity contribution in [1.82, 2.24) is 19.4 Å². The monoisotopic (exact) mass is 279 g/mol. The number of quaternary nitrogens is 1. The van der Waals surface area contributed by atoms with Gasteiger partial charge in [0.15, 0.2) is 11.7 Å². The number of carboxylic acids is 1. The molecule has 2 atom stereocenters. The Morgan fingerprint density at radius 1 is 1.50 bits per heavy atom. The van der Waals surface area contributed by atoms with Crippen LogP contribution in [0.4, 0.5) is 10.5 Å². The topological polar surface area (TPSA) is 83.4 Å². The van der Waals surface area contributed by atoms with E-state index in [4.69, 9.17) is 0 Å². The molecular formula is C13H19N4O3+. The van der Waals surface area contributed by atoms with Gasteiger partial charge in [-0.25, -0.2) is 24.0 Å². The molecule has 1 aromatic heterocycles. The zero-order chi connectivity index (χ0) is 14.9. The minimum absolute atomic E-state index is 0.0357. The van der Waals surface area contributed by atoms with Crippen LogP contribution in [-0.2, 0) is 4.79 Å².